The molecule has 0 aromatic heterocycles. The molecular weight excluding hydrogens is 190 g/mol. The summed E-state index contributed by atoms with van der Waals surface area (Å²) in [5.41, 5.74) is -1.21. The zero-order chi connectivity index (χ0) is 10.9. The Labute approximate surface area is 80.9 Å². The molecular formula is C8H19NO3S. The van der Waals surface area contributed by atoms with Crippen LogP contribution in [0, 0.1) is 0 Å². The van der Waals surface area contributed by atoms with Crippen molar-refractivity contribution in [1.82, 2.24) is 4.72 Å². The molecule has 0 fully saturated rings. The summed E-state index contributed by atoms with van der Waals surface area (Å²) in [7, 11) is -3.65. The van der Waals surface area contributed by atoms with E-state index >= 15 is 0 Å². The van der Waals surface area contributed by atoms with Crippen molar-refractivity contribution in [3.05, 3.63) is 0 Å². The van der Waals surface area contributed by atoms with Gasteiger partial charge >= 0.3 is 10.3 Å². The molecule has 0 aliphatic rings. The molecule has 80 valence electrons. The molecule has 1 N–H and O–H groups in total. The van der Waals surface area contributed by atoms with Crippen LogP contribution in [0.25, 0.3) is 0 Å². The second-order valence-corrected chi connectivity index (χ2v) is 6.28. The molecule has 0 aromatic rings. The van der Waals surface area contributed by atoms with Gasteiger partial charge in [-0.3, -0.25) is 4.18 Å². The van der Waals surface area contributed by atoms with Crippen molar-refractivity contribution in [1.29, 1.82) is 0 Å². The van der Waals surface area contributed by atoms with E-state index in [1.54, 1.807) is 41.5 Å². The molecule has 0 aromatic carbocycles. The lowest BCUT2D eigenvalue weighted by molar-refractivity contribution is 0.134. The quantitative estimate of drug-likeness (QED) is 0.748. The van der Waals surface area contributed by atoms with Crippen LogP contribution in [-0.2, 0) is 14.5 Å². The smallest absolute Gasteiger partial charge is 0.252 e. The van der Waals surface area contributed by atoms with Gasteiger partial charge in [0.25, 0.3) is 0 Å². The standard InChI is InChI=1S/C8H19NO3S/c1-7(2,3)9-13(10,11)12-8(4,5)6/h9H,1-6H3. The molecule has 0 radical (unpaired) electrons. The monoisotopic (exact) mass is 209 g/mol. The number of rotatable bonds is 2. The molecule has 0 bridgehead atoms. The van der Waals surface area contributed by atoms with E-state index in [9.17, 15) is 8.42 Å². The first-order chi connectivity index (χ1) is 5.41. The number of hydrogen-bond acceptors (Lipinski definition) is 3. The Morgan fingerprint density at radius 3 is 1.62 bits per heavy atom. The predicted molar refractivity (Wildman–Crippen MR) is 52.6 cm³/mol. The van der Waals surface area contributed by atoms with Crippen LogP contribution in [0.5, 0.6) is 0 Å². The lowest BCUT2D eigenvalue weighted by Crippen LogP contribution is -2.44. The maximum atomic E-state index is 11.3. The molecule has 0 atom stereocenters. The number of nitrogens with one attached hydrogen (secondary N) is 1. The molecule has 0 aliphatic heterocycles. The van der Waals surface area contributed by atoms with Gasteiger partial charge in [-0.15, -0.1) is 0 Å². The Kier molecular flexibility index (Phi) is 3.52. The fraction of sp³-hybridized carbons (Fsp3) is 1.00. The SMILES string of the molecule is CC(C)(C)NS(=O)(=O)OC(C)(C)C. The van der Waals surface area contributed by atoms with Crippen LogP contribution in [0.2, 0.25) is 0 Å². The van der Waals surface area contributed by atoms with E-state index in [0.29, 0.717) is 0 Å². The van der Waals surface area contributed by atoms with Crippen molar-refractivity contribution in [3.63, 3.8) is 0 Å². The highest BCUT2D eigenvalue weighted by molar-refractivity contribution is 7.84. The minimum absolute atomic E-state index is 0.510. The Bertz CT molecular complexity index is 234. The third-order valence-corrected chi connectivity index (χ3v) is 2.37. The molecule has 5 heteroatoms. The molecule has 0 spiro atoms. The molecule has 4 nitrogen and oxygen atoms in total. The van der Waals surface area contributed by atoms with Gasteiger partial charge in [-0.05, 0) is 41.5 Å². The summed E-state index contributed by atoms with van der Waals surface area (Å²) in [6, 6.07) is 0. The first kappa shape index (κ1) is 12.9. The predicted octanol–water partition coefficient (Wildman–Crippen LogP) is 1.43. The van der Waals surface area contributed by atoms with E-state index < -0.39 is 21.4 Å². The maximum absolute atomic E-state index is 11.3. The number of hydrogen-bond donors (Lipinski definition) is 1. The molecule has 0 saturated carbocycles. The second-order valence-electron chi connectivity index (χ2n) is 5.00. The lowest BCUT2D eigenvalue weighted by Gasteiger charge is -2.24. The topological polar surface area (TPSA) is 55.4 Å². The highest BCUT2D eigenvalue weighted by Gasteiger charge is 2.26. The van der Waals surface area contributed by atoms with Crippen molar-refractivity contribution >= 4 is 10.3 Å². The minimum Gasteiger partial charge on any atom is -0.252 e. The average molecular weight is 209 g/mol. The highest BCUT2D eigenvalue weighted by Crippen LogP contribution is 2.12. The molecule has 0 aliphatic carbocycles. The summed E-state index contributed by atoms with van der Waals surface area (Å²) < 4.78 is 29.9. The molecule has 0 heterocycles. The van der Waals surface area contributed by atoms with Crippen LogP contribution in [-0.4, -0.2) is 19.6 Å². The van der Waals surface area contributed by atoms with Gasteiger partial charge in [0.1, 0.15) is 0 Å². The molecule has 13 heavy (non-hydrogen) atoms. The van der Waals surface area contributed by atoms with Crippen LogP contribution in [0.4, 0.5) is 0 Å². The van der Waals surface area contributed by atoms with E-state index in [2.05, 4.69) is 4.72 Å². The van der Waals surface area contributed by atoms with Crippen LogP contribution < -0.4 is 4.72 Å². The largest absolute Gasteiger partial charge is 0.336 e. The van der Waals surface area contributed by atoms with Crippen molar-refractivity contribution < 1.29 is 12.6 Å². The van der Waals surface area contributed by atoms with E-state index in [4.69, 9.17) is 4.18 Å². The Balaban J connectivity index is 4.46. The molecule has 0 rings (SSSR count). The Morgan fingerprint density at radius 1 is 1.00 bits per heavy atom. The first-order valence-electron chi connectivity index (χ1n) is 4.16. The highest BCUT2D eigenvalue weighted by atomic mass is 32.2. The van der Waals surface area contributed by atoms with E-state index in [1.807, 2.05) is 0 Å². The normalized spacial score (nSPS) is 14.6. The van der Waals surface area contributed by atoms with Crippen molar-refractivity contribution in [3.8, 4) is 0 Å². The van der Waals surface area contributed by atoms with Gasteiger partial charge in [0.05, 0.1) is 5.60 Å². The summed E-state index contributed by atoms with van der Waals surface area (Å²) >= 11 is 0. The van der Waals surface area contributed by atoms with E-state index in [-0.39, 0.29) is 0 Å². The summed E-state index contributed by atoms with van der Waals surface area (Å²) in [6.45, 7) is 10.3. The third kappa shape index (κ3) is 8.21. The zero-order valence-corrected chi connectivity index (χ0v) is 9.95. The minimum atomic E-state index is -3.65. The second kappa shape index (κ2) is 3.55. The zero-order valence-electron chi connectivity index (χ0n) is 9.13. The molecule has 0 unspecified atom stereocenters. The van der Waals surface area contributed by atoms with Gasteiger partial charge in [-0.25, -0.2) is 0 Å². The van der Waals surface area contributed by atoms with Crippen LogP contribution >= 0.6 is 0 Å². The summed E-state index contributed by atoms with van der Waals surface area (Å²) in [4.78, 5) is 0. The third-order valence-electron chi connectivity index (χ3n) is 0.791. The summed E-state index contributed by atoms with van der Waals surface area (Å²) in [5.74, 6) is 0. The van der Waals surface area contributed by atoms with Crippen molar-refractivity contribution in [2.75, 3.05) is 0 Å². The van der Waals surface area contributed by atoms with Gasteiger partial charge in [0.15, 0.2) is 0 Å². The summed E-state index contributed by atoms with van der Waals surface area (Å²) in [6.07, 6.45) is 0. The molecule has 0 saturated heterocycles. The maximum Gasteiger partial charge on any atom is 0.336 e. The first-order valence-corrected chi connectivity index (χ1v) is 5.57. The van der Waals surface area contributed by atoms with Crippen LogP contribution in [0.15, 0.2) is 0 Å². The van der Waals surface area contributed by atoms with Gasteiger partial charge in [-0.1, -0.05) is 0 Å². The Morgan fingerprint density at radius 2 is 1.38 bits per heavy atom. The van der Waals surface area contributed by atoms with Crippen LogP contribution in [0.1, 0.15) is 41.5 Å². The Hall–Kier alpha value is -0.130. The fourth-order valence-electron chi connectivity index (χ4n) is 0.725. The van der Waals surface area contributed by atoms with Crippen molar-refractivity contribution in [2.45, 2.75) is 52.7 Å². The van der Waals surface area contributed by atoms with Gasteiger partial charge in [0.2, 0.25) is 0 Å². The van der Waals surface area contributed by atoms with Gasteiger partial charge in [0, 0.05) is 5.54 Å². The van der Waals surface area contributed by atoms with Gasteiger partial charge < -0.3 is 0 Å². The van der Waals surface area contributed by atoms with Crippen molar-refractivity contribution in [2.24, 2.45) is 0 Å². The van der Waals surface area contributed by atoms with Crippen LogP contribution in [0.3, 0.4) is 0 Å². The van der Waals surface area contributed by atoms with Gasteiger partial charge in [-0.2, -0.15) is 13.1 Å². The fourth-order valence-corrected chi connectivity index (χ4v) is 2.17. The summed E-state index contributed by atoms with van der Waals surface area (Å²) in [5, 5.41) is 0. The van der Waals surface area contributed by atoms with E-state index in [0.717, 1.165) is 0 Å². The lowest BCUT2D eigenvalue weighted by atomic mass is 10.1. The average Bonchev–Trinajstić information content (AvgIpc) is 1.43. The van der Waals surface area contributed by atoms with E-state index in [1.165, 1.54) is 0 Å². The molecule has 0 amide bonds.